The Bertz CT molecular complexity index is 327. The summed E-state index contributed by atoms with van der Waals surface area (Å²) in [6.45, 7) is -0.190. The zero-order chi connectivity index (χ0) is 13.4. The molecule has 0 bridgehead atoms. The van der Waals surface area contributed by atoms with E-state index in [-0.39, 0.29) is 25.2 Å². The van der Waals surface area contributed by atoms with Crippen LogP contribution in [0.15, 0.2) is 0 Å². The fourth-order valence-corrected chi connectivity index (χ4v) is 0.996. The molecule has 5 N–H and O–H groups in total. The van der Waals surface area contributed by atoms with Gasteiger partial charge in [0.25, 0.3) is 0 Å². The minimum Gasteiger partial charge on any atom is -0.481 e. The van der Waals surface area contributed by atoms with Crippen LogP contribution in [0.5, 0.6) is 0 Å². The molecule has 0 aromatic heterocycles. The summed E-state index contributed by atoms with van der Waals surface area (Å²) in [6, 6.07) is -1.49. The molecule has 0 fully saturated rings. The van der Waals surface area contributed by atoms with Gasteiger partial charge >= 0.3 is 11.9 Å². The van der Waals surface area contributed by atoms with Crippen LogP contribution >= 0.6 is 0 Å². The van der Waals surface area contributed by atoms with Gasteiger partial charge in [-0.15, -0.1) is 0 Å². The summed E-state index contributed by atoms with van der Waals surface area (Å²) in [5.41, 5.74) is 5.02. The van der Waals surface area contributed by atoms with E-state index >= 15 is 0 Å². The van der Waals surface area contributed by atoms with Gasteiger partial charge in [0, 0.05) is 12.8 Å². The summed E-state index contributed by atoms with van der Waals surface area (Å²) in [4.78, 5) is 42.9. The molecule has 0 saturated carbocycles. The average Bonchev–Trinajstić information content (AvgIpc) is 2.24. The van der Waals surface area contributed by atoms with Crippen molar-refractivity contribution in [1.82, 2.24) is 5.32 Å². The molecule has 96 valence electrons. The van der Waals surface area contributed by atoms with Gasteiger partial charge in [0.1, 0.15) is 11.8 Å². The van der Waals surface area contributed by atoms with Gasteiger partial charge in [-0.05, 0) is 0 Å². The lowest BCUT2D eigenvalue weighted by Gasteiger charge is -2.11. The highest BCUT2D eigenvalue weighted by atomic mass is 16.4. The predicted octanol–water partition coefficient (Wildman–Crippen LogP) is -1.66. The number of Topliss-reactive ketones (excluding diaryl/α,β-unsaturated/α-hetero) is 1. The topological polar surface area (TPSA) is 147 Å². The quantitative estimate of drug-likeness (QED) is 0.400. The van der Waals surface area contributed by atoms with E-state index in [0.29, 0.717) is 0 Å². The van der Waals surface area contributed by atoms with E-state index in [1.807, 2.05) is 5.32 Å². The first kappa shape index (κ1) is 15.0. The molecule has 0 unspecified atom stereocenters. The number of nitrogens with two attached hydrogens (primary N) is 1. The SMILES string of the molecule is NCC(=O)CCC(=O)N[C@@H](CC(=O)O)C(=O)O. The minimum absolute atomic E-state index is 0.0955. The molecule has 0 saturated heterocycles. The maximum atomic E-state index is 11.2. The zero-order valence-corrected chi connectivity index (χ0v) is 9.01. The fourth-order valence-electron chi connectivity index (χ4n) is 0.996. The Labute approximate surface area is 96.8 Å². The number of aliphatic carboxylic acids is 2. The number of carboxylic acid groups (broad SMARTS) is 2. The van der Waals surface area contributed by atoms with Gasteiger partial charge in [0.2, 0.25) is 5.91 Å². The van der Waals surface area contributed by atoms with Crippen molar-refractivity contribution in [3.05, 3.63) is 0 Å². The molecular weight excluding hydrogens is 232 g/mol. The van der Waals surface area contributed by atoms with Crippen LogP contribution in [-0.4, -0.2) is 46.4 Å². The standard InChI is InChI=1S/C9H14N2O6/c10-4-5(12)1-2-7(13)11-6(9(16)17)3-8(14)15/h6H,1-4,10H2,(H,11,13)(H,14,15)(H,16,17)/t6-/m0/s1. The molecule has 17 heavy (non-hydrogen) atoms. The number of hydrogen-bond acceptors (Lipinski definition) is 5. The van der Waals surface area contributed by atoms with E-state index in [4.69, 9.17) is 15.9 Å². The van der Waals surface area contributed by atoms with Crippen molar-refractivity contribution in [2.45, 2.75) is 25.3 Å². The number of carbonyl (C=O) groups excluding carboxylic acids is 2. The lowest BCUT2D eigenvalue weighted by molar-refractivity contribution is -0.147. The Hall–Kier alpha value is -1.96. The average molecular weight is 246 g/mol. The van der Waals surface area contributed by atoms with E-state index in [1.165, 1.54) is 0 Å². The normalized spacial score (nSPS) is 11.6. The van der Waals surface area contributed by atoms with Crippen molar-refractivity contribution < 1.29 is 29.4 Å². The highest BCUT2D eigenvalue weighted by molar-refractivity contribution is 5.89. The Morgan fingerprint density at radius 2 is 1.71 bits per heavy atom. The van der Waals surface area contributed by atoms with Crippen LogP contribution in [-0.2, 0) is 19.2 Å². The number of rotatable bonds is 8. The zero-order valence-electron chi connectivity index (χ0n) is 9.01. The number of amides is 1. The van der Waals surface area contributed by atoms with Crippen molar-refractivity contribution in [1.29, 1.82) is 0 Å². The largest absolute Gasteiger partial charge is 0.481 e. The Morgan fingerprint density at radius 1 is 1.12 bits per heavy atom. The Balaban J connectivity index is 4.17. The van der Waals surface area contributed by atoms with Crippen molar-refractivity contribution in [3.8, 4) is 0 Å². The summed E-state index contributed by atoms with van der Waals surface area (Å²) in [7, 11) is 0. The van der Waals surface area contributed by atoms with E-state index < -0.39 is 30.3 Å². The third-order valence-electron chi connectivity index (χ3n) is 1.87. The van der Waals surface area contributed by atoms with Crippen molar-refractivity contribution in [3.63, 3.8) is 0 Å². The van der Waals surface area contributed by atoms with Crippen LogP contribution in [0.2, 0.25) is 0 Å². The fraction of sp³-hybridized carbons (Fsp3) is 0.556. The summed E-state index contributed by atoms with van der Waals surface area (Å²) in [5, 5.41) is 19.1. The van der Waals surface area contributed by atoms with Crippen molar-refractivity contribution in [2.24, 2.45) is 5.73 Å². The number of nitrogens with one attached hydrogen (secondary N) is 1. The molecule has 0 aliphatic heterocycles. The Kier molecular flexibility index (Phi) is 6.49. The minimum atomic E-state index is -1.49. The molecule has 1 amide bonds. The first-order chi connectivity index (χ1) is 7.86. The smallest absolute Gasteiger partial charge is 0.326 e. The second-order valence-corrected chi connectivity index (χ2v) is 3.30. The molecule has 8 nitrogen and oxygen atoms in total. The number of carbonyl (C=O) groups is 4. The second kappa shape index (κ2) is 7.34. The maximum Gasteiger partial charge on any atom is 0.326 e. The van der Waals surface area contributed by atoms with Gasteiger partial charge in [-0.1, -0.05) is 0 Å². The molecule has 0 radical (unpaired) electrons. The molecule has 0 aromatic rings. The molecule has 0 aliphatic carbocycles. The lowest BCUT2D eigenvalue weighted by Crippen LogP contribution is -2.42. The monoisotopic (exact) mass is 246 g/mol. The van der Waals surface area contributed by atoms with E-state index in [2.05, 4.69) is 0 Å². The van der Waals surface area contributed by atoms with Crippen molar-refractivity contribution >= 4 is 23.6 Å². The third kappa shape index (κ3) is 7.01. The number of ketones is 1. The first-order valence-electron chi connectivity index (χ1n) is 4.82. The molecule has 0 aliphatic rings. The lowest BCUT2D eigenvalue weighted by atomic mass is 10.1. The number of carboxylic acids is 2. The van der Waals surface area contributed by atoms with Crippen LogP contribution in [0.4, 0.5) is 0 Å². The predicted molar refractivity (Wildman–Crippen MR) is 55.1 cm³/mol. The summed E-state index contributed by atoms with van der Waals surface area (Å²) < 4.78 is 0. The van der Waals surface area contributed by atoms with Gasteiger partial charge in [-0.2, -0.15) is 0 Å². The highest BCUT2D eigenvalue weighted by Crippen LogP contribution is 1.96. The molecule has 1 atom stereocenters. The second-order valence-electron chi connectivity index (χ2n) is 3.30. The van der Waals surface area contributed by atoms with E-state index in [0.717, 1.165) is 0 Å². The van der Waals surface area contributed by atoms with Gasteiger partial charge in [-0.25, -0.2) is 4.79 Å². The highest BCUT2D eigenvalue weighted by Gasteiger charge is 2.22. The molecular formula is C9H14N2O6. The summed E-state index contributed by atoms with van der Waals surface area (Å²) in [5.74, 6) is -3.80. The summed E-state index contributed by atoms with van der Waals surface area (Å²) >= 11 is 0. The van der Waals surface area contributed by atoms with Crippen LogP contribution in [0.3, 0.4) is 0 Å². The van der Waals surface area contributed by atoms with E-state index in [1.54, 1.807) is 0 Å². The third-order valence-corrected chi connectivity index (χ3v) is 1.87. The summed E-state index contributed by atoms with van der Waals surface area (Å²) in [6.07, 6.45) is -1.02. The molecule has 0 rings (SSSR count). The first-order valence-corrected chi connectivity index (χ1v) is 4.82. The molecule has 0 spiro atoms. The van der Waals surface area contributed by atoms with E-state index in [9.17, 15) is 19.2 Å². The van der Waals surface area contributed by atoms with Gasteiger partial charge in [0.05, 0.1) is 13.0 Å². The Morgan fingerprint density at radius 3 is 2.12 bits per heavy atom. The van der Waals surface area contributed by atoms with Gasteiger partial charge in [-0.3, -0.25) is 14.4 Å². The van der Waals surface area contributed by atoms with Crippen LogP contribution in [0.1, 0.15) is 19.3 Å². The molecule has 0 heterocycles. The van der Waals surface area contributed by atoms with Crippen molar-refractivity contribution in [2.75, 3.05) is 6.54 Å². The van der Waals surface area contributed by atoms with Crippen LogP contribution in [0.25, 0.3) is 0 Å². The number of hydrogen-bond donors (Lipinski definition) is 4. The van der Waals surface area contributed by atoms with Crippen LogP contribution in [0, 0.1) is 0 Å². The van der Waals surface area contributed by atoms with Crippen LogP contribution < -0.4 is 11.1 Å². The molecule has 0 aromatic carbocycles. The van der Waals surface area contributed by atoms with Gasteiger partial charge < -0.3 is 21.3 Å². The maximum absolute atomic E-state index is 11.2. The van der Waals surface area contributed by atoms with Gasteiger partial charge in [0.15, 0.2) is 0 Å². The molecule has 8 heteroatoms.